The lowest BCUT2D eigenvalue weighted by molar-refractivity contribution is -0.137. The van der Waals surface area contributed by atoms with Crippen LogP contribution in [0.3, 0.4) is 0 Å². The van der Waals surface area contributed by atoms with Crippen LogP contribution < -0.4 is 26.1 Å². The van der Waals surface area contributed by atoms with Crippen molar-refractivity contribution in [2.45, 2.75) is 58.7 Å². The van der Waals surface area contributed by atoms with Crippen molar-refractivity contribution in [3.05, 3.63) is 81.9 Å². The lowest BCUT2D eigenvalue weighted by Gasteiger charge is -2.27. The third kappa shape index (κ3) is 6.13. The number of carboxylic acid groups (broad SMARTS) is 1. The fraction of sp³-hybridized carbons (Fsp3) is 0.387. The minimum absolute atomic E-state index is 0.0768. The Hall–Kier alpha value is -3.75. The molecule has 4 rings (SSSR count). The number of nitrogens with zero attached hydrogens (tertiary/aromatic N) is 2. The summed E-state index contributed by atoms with van der Waals surface area (Å²) in [5.41, 5.74) is 13.6. The molecule has 8 nitrogen and oxygen atoms in total. The summed E-state index contributed by atoms with van der Waals surface area (Å²) >= 11 is 0. The molecule has 0 saturated heterocycles. The molecule has 208 valence electrons. The third-order valence-corrected chi connectivity index (χ3v) is 7.69. The molecule has 0 radical (unpaired) electrons. The number of nitrogen functional groups attached to an aromatic ring is 1. The minimum atomic E-state index is -0.883. The van der Waals surface area contributed by atoms with E-state index in [1.807, 2.05) is 37.3 Å². The second kappa shape index (κ2) is 12.0. The van der Waals surface area contributed by atoms with E-state index in [2.05, 4.69) is 36.9 Å². The zero-order valence-electron chi connectivity index (χ0n) is 23.5. The molecule has 5 N–H and O–H groups in total. The Morgan fingerprint density at radius 2 is 1.97 bits per heavy atom. The molecule has 1 aliphatic rings. The maximum Gasteiger partial charge on any atom is 0.304 e. The average Bonchev–Trinajstić information content (AvgIpc) is 3.08. The number of carbonyl (C=O) groups is 1. The number of carboxylic acids is 1. The zero-order chi connectivity index (χ0) is 28.3. The normalized spacial score (nSPS) is 16.1. The first-order chi connectivity index (χ1) is 18.6. The van der Waals surface area contributed by atoms with Gasteiger partial charge in [-0.15, -0.1) is 0 Å². The number of hydrazine groups is 1. The Kier molecular flexibility index (Phi) is 8.67. The number of ether oxygens (including phenoxy) is 2. The molecule has 0 amide bonds. The molecule has 3 aromatic carbocycles. The van der Waals surface area contributed by atoms with Crippen LogP contribution in [0.4, 0.5) is 11.4 Å². The van der Waals surface area contributed by atoms with Crippen molar-refractivity contribution in [2.24, 2.45) is 5.84 Å². The SMILES string of the molecule is CCC1CN(Cc2cc(C(CC(=O)O)c3cc(OC)c(N(C)N)c(N)c3C)ccc2C)Cc2ccccc2O1. The van der Waals surface area contributed by atoms with Crippen molar-refractivity contribution in [3.63, 3.8) is 0 Å². The number of hydrogen-bond donors (Lipinski definition) is 3. The number of methoxy groups -OCH3 is 1. The lowest BCUT2D eigenvalue weighted by Crippen LogP contribution is -2.32. The fourth-order valence-electron chi connectivity index (χ4n) is 5.46. The molecular formula is C31H40N4O4. The van der Waals surface area contributed by atoms with Crippen LogP contribution in [-0.2, 0) is 17.9 Å². The number of nitrogens with two attached hydrogens (primary N) is 2. The number of rotatable bonds is 9. The van der Waals surface area contributed by atoms with Crippen molar-refractivity contribution in [1.29, 1.82) is 0 Å². The number of aryl methyl sites for hydroxylation is 1. The Bertz CT molecular complexity index is 1340. The van der Waals surface area contributed by atoms with Gasteiger partial charge in [0.25, 0.3) is 0 Å². The molecular weight excluding hydrogens is 492 g/mol. The molecule has 0 aromatic heterocycles. The van der Waals surface area contributed by atoms with Gasteiger partial charge in [0.05, 0.1) is 19.2 Å². The van der Waals surface area contributed by atoms with E-state index in [0.29, 0.717) is 17.1 Å². The zero-order valence-corrected chi connectivity index (χ0v) is 23.5. The summed E-state index contributed by atoms with van der Waals surface area (Å²) in [4.78, 5) is 14.5. The van der Waals surface area contributed by atoms with Gasteiger partial charge in [0.15, 0.2) is 0 Å². The first kappa shape index (κ1) is 28.3. The number of anilines is 2. The minimum Gasteiger partial charge on any atom is -0.494 e. The molecule has 1 heterocycles. The average molecular weight is 533 g/mol. The van der Waals surface area contributed by atoms with Crippen LogP contribution in [0.2, 0.25) is 0 Å². The molecule has 2 unspecified atom stereocenters. The van der Waals surface area contributed by atoms with E-state index in [1.165, 1.54) is 10.6 Å². The maximum atomic E-state index is 12.1. The Morgan fingerprint density at radius 3 is 2.64 bits per heavy atom. The summed E-state index contributed by atoms with van der Waals surface area (Å²) in [6.07, 6.45) is 0.947. The molecule has 0 bridgehead atoms. The number of fused-ring (bicyclic) bond motifs is 1. The van der Waals surface area contributed by atoms with Gasteiger partial charge in [-0.2, -0.15) is 0 Å². The summed E-state index contributed by atoms with van der Waals surface area (Å²) in [7, 11) is 3.26. The van der Waals surface area contributed by atoms with Gasteiger partial charge in [0.1, 0.15) is 23.3 Å². The van der Waals surface area contributed by atoms with Gasteiger partial charge in [0, 0.05) is 38.2 Å². The number of hydrogen-bond acceptors (Lipinski definition) is 7. The van der Waals surface area contributed by atoms with E-state index in [4.69, 9.17) is 21.1 Å². The van der Waals surface area contributed by atoms with Crippen molar-refractivity contribution in [2.75, 3.05) is 31.4 Å². The van der Waals surface area contributed by atoms with E-state index in [1.54, 1.807) is 14.2 Å². The summed E-state index contributed by atoms with van der Waals surface area (Å²) in [5, 5.41) is 11.3. The van der Waals surface area contributed by atoms with Gasteiger partial charge in [-0.1, -0.05) is 43.3 Å². The van der Waals surface area contributed by atoms with Crippen molar-refractivity contribution < 1.29 is 19.4 Å². The lowest BCUT2D eigenvalue weighted by atomic mass is 9.83. The molecule has 0 spiro atoms. The highest BCUT2D eigenvalue weighted by molar-refractivity contribution is 5.80. The second-order valence-electron chi connectivity index (χ2n) is 10.4. The Morgan fingerprint density at radius 1 is 1.23 bits per heavy atom. The molecule has 0 saturated carbocycles. The number of aliphatic carboxylic acids is 1. The van der Waals surface area contributed by atoms with E-state index >= 15 is 0 Å². The number of benzene rings is 3. The van der Waals surface area contributed by atoms with E-state index in [0.717, 1.165) is 59.6 Å². The summed E-state index contributed by atoms with van der Waals surface area (Å²) in [6.45, 7) is 8.48. The van der Waals surface area contributed by atoms with Crippen molar-refractivity contribution >= 4 is 17.3 Å². The predicted octanol–water partition coefficient (Wildman–Crippen LogP) is 4.98. The van der Waals surface area contributed by atoms with Gasteiger partial charge >= 0.3 is 5.97 Å². The molecule has 3 aromatic rings. The van der Waals surface area contributed by atoms with Gasteiger partial charge < -0.3 is 25.3 Å². The fourth-order valence-corrected chi connectivity index (χ4v) is 5.46. The summed E-state index contributed by atoms with van der Waals surface area (Å²) < 4.78 is 11.9. The van der Waals surface area contributed by atoms with Crippen LogP contribution in [-0.4, -0.2) is 42.8 Å². The van der Waals surface area contributed by atoms with E-state index in [-0.39, 0.29) is 12.5 Å². The molecule has 2 atom stereocenters. The highest BCUT2D eigenvalue weighted by Crippen LogP contribution is 2.42. The first-order valence-electron chi connectivity index (χ1n) is 13.4. The van der Waals surface area contributed by atoms with Crippen LogP contribution in [0, 0.1) is 13.8 Å². The van der Waals surface area contributed by atoms with Crippen molar-refractivity contribution in [3.8, 4) is 11.5 Å². The van der Waals surface area contributed by atoms with Gasteiger partial charge in [-0.25, -0.2) is 5.84 Å². The monoisotopic (exact) mass is 532 g/mol. The molecule has 0 fully saturated rings. The Balaban J connectivity index is 1.73. The molecule has 39 heavy (non-hydrogen) atoms. The van der Waals surface area contributed by atoms with Gasteiger partial charge in [-0.3, -0.25) is 9.69 Å². The third-order valence-electron chi connectivity index (χ3n) is 7.69. The highest BCUT2D eigenvalue weighted by Gasteiger charge is 2.26. The Labute approximate surface area is 231 Å². The smallest absolute Gasteiger partial charge is 0.304 e. The van der Waals surface area contributed by atoms with E-state index in [9.17, 15) is 9.90 Å². The van der Waals surface area contributed by atoms with Crippen LogP contribution >= 0.6 is 0 Å². The van der Waals surface area contributed by atoms with Crippen LogP contribution in [0.15, 0.2) is 48.5 Å². The van der Waals surface area contributed by atoms with Gasteiger partial charge in [0.2, 0.25) is 0 Å². The highest BCUT2D eigenvalue weighted by atomic mass is 16.5. The maximum absolute atomic E-state index is 12.1. The molecule has 1 aliphatic heterocycles. The molecule has 8 heteroatoms. The summed E-state index contributed by atoms with van der Waals surface area (Å²) in [6, 6.07) is 16.3. The number of para-hydroxylation sites is 1. The molecule has 0 aliphatic carbocycles. The predicted molar refractivity (Wildman–Crippen MR) is 155 cm³/mol. The van der Waals surface area contributed by atoms with Crippen molar-refractivity contribution in [1.82, 2.24) is 4.90 Å². The van der Waals surface area contributed by atoms with Crippen LogP contribution in [0.5, 0.6) is 11.5 Å². The standard InChI is InChI=1S/C31H40N4O4/c1-6-24-18-35(16-22-9-7-8-10-27(22)39-24)17-23-13-21(12-11-19(23)2)26(15-29(36)37)25-14-28(38-5)31(34(4)33)30(32)20(25)3/h7-14,24,26H,6,15-18,32-33H2,1-5H3,(H,36,37). The quantitative estimate of drug-likeness (QED) is 0.201. The largest absolute Gasteiger partial charge is 0.494 e. The first-order valence-corrected chi connectivity index (χ1v) is 13.4. The van der Waals surface area contributed by atoms with Gasteiger partial charge in [-0.05, 0) is 60.2 Å². The topological polar surface area (TPSA) is 114 Å². The summed E-state index contributed by atoms with van der Waals surface area (Å²) in [5.74, 6) is 6.20. The van der Waals surface area contributed by atoms with Crippen LogP contribution in [0.25, 0.3) is 0 Å². The van der Waals surface area contributed by atoms with Crippen LogP contribution in [0.1, 0.15) is 59.1 Å². The van der Waals surface area contributed by atoms with E-state index < -0.39 is 11.9 Å². The second-order valence-corrected chi connectivity index (χ2v) is 10.4.